The maximum absolute atomic E-state index is 11.3. The zero-order valence-corrected chi connectivity index (χ0v) is 9.53. The van der Waals surface area contributed by atoms with Gasteiger partial charge in [0.2, 0.25) is 11.9 Å². The lowest BCUT2D eigenvalue weighted by molar-refractivity contribution is -0.121. The van der Waals surface area contributed by atoms with Crippen LogP contribution in [0.2, 0.25) is 0 Å². The van der Waals surface area contributed by atoms with Gasteiger partial charge in [0.1, 0.15) is 11.9 Å². The molecule has 7 heteroatoms. The summed E-state index contributed by atoms with van der Waals surface area (Å²) >= 11 is 0. The Morgan fingerprint density at radius 1 is 1.50 bits per heavy atom. The van der Waals surface area contributed by atoms with E-state index in [1.54, 1.807) is 20.0 Å². The highest BCUT2D eigenvalue weighted by atomic mass is 16.2. The minimum Gasteiger partial charge on any atom is -0.358 e. The Kier molecular flexibility index (Phi) is 4.01. The fraction of sp³-hybridized carbons (Fsp3) is 0.444. The minimum atomic E-state index is -0.370. The van der Waals surface area contributed by atoms with Crippen LogP contribution in [0, 0.1) is 6.92 Å². The van der Waals surface area contributed by atoms with Crippen LogP contribution in [0.1, 0.15) is 12.6 Å². The smallest absolute Gasteiger partial charge is 0.241 e. The van der Waals surface area contributed by atoms with Gasteiger partial charge < -0.3 is 10.6 Å². The first kappa shape index (κ1) is 12.2. The van der Waals surface area contributed by atoms with Crippen molar-refractivity contribution in [3.05, 3.63) is 11.8 Å². The van der Waals surface area contributed by atoms with Crippen LogP contribution in [-0.2, 0) is 4.79 Å². The Morgan fingerprint density at radius 3 is 2.75 bits per heavy atom. The number of nitrogens with zero attached hydrogens (tertiary/aromatic N) is 2. The molecule has 0 aliphatic rings. The Bertz CT molecular complexity index is 380. The lowest BCUT2D eigenvalue weighted by atomic mass is 10.3. The third-order valence-corrected chi connectivity index (χ3v) is 1.99. The predicted molar refractivity (Wildman–Crippen MR) is 61.7 cm³/mol. The molecule has 0 spiro atoms. The summed E-state index contributed by atoms with van der Waals surface area (Å²) in [5.41, 5.74) is 3.12. The summed E-state index contributed by atoms with van der Waals surface area (Å²) in [5, 5.41) is 5.49. The van der Waals surface area contributed by atoms with Gasteiger partial charge in [-0.3, -0.25) is 10.2 Å². The quantitative estimate of drug-likeness (QED) is 0.410. The molecular formula is C9H16N6O. The molecule has 0 bridgehead atoms. The van der Waals surface area contributed by atoms with E-state index in [1.807, 2.05) is 6.92 Å². The molecule has 0 saturated heterocycles. The number of likely N-dealkylation sites (N-methyl/N-ethyl adjacent to an activating group) is 1. The van der Waals surface area contributed by atoms with E-state index in [2.05, 4.69) is 26.0 Å². The van der Waals surface area contributed by atoms with Gasteiger partial charge in [-0.15, -0.1) is 0 Å². The molecule has 0 radical (unpaired) electrons. The average Bonchev–Trinajstić information content (AvgIpc) is 2.26. The predicted octanol–water partition coefficient (Wildman–Crippen LogP) is -0.383. The zero-order chi connectivity index (χ0) is 12.1. The molecule has 16 heavy (non-hydrogen) atoms. The summed E-state index contributed by atoms with van der Waals surface area (Å²) in [7, 11) is 1.58. The first-order chi connectivity index (χ1) is 7.56. The molecule has 7 nitrogen and oxygen atoms in total. The van der Waals surface area contributed by atoms with E-state index in [0.717, 1.165) is 5.69 Å². The molecule has 0 aromatic carbocycles. The van der Waals surface area contributed by atoms with Gasteiger partial charge >= 0.3 is 0 Å². The fourth-order valence-corrected chi connectivity index (χ4v) is 1.21. The SMILES string of the molecule is CNC(=O)C(C)Nc1cc(C)nc(NN)n1. The molecule has 1 aromatic heterocycles. The van der Waals surface area contributed by atoms with Gasteiger partial charge in [-0.25, -0.2) is 10.8 Å². The number of aryl methyl sites for hydroxylation is 1. The van der Waals surface area contributed by atoms with Crippen LogP contribution in [0.5, 0.6) is 0 Å². The topological polar surface area (TPSA) is 105 Å². The molecule has 0 fully saturated rings. The van der Waals surface area contributed by atoms with Crippen molar-refractivity contribution in [2.75, 3.05) is 17.8 Å². The summed E-state index contributed by atoms with van der Waals surface area (Å²) in [4.78, 5) is 19.4. The van der Waals surface area contributed by atoms with Crippen LogP contribution in [0.3, 0.4) is 0 Å². The molecule has 1 heterocycles. The summed E-state index contributed by atoms with van der Waals surface area (Å²) in [5.74, 6) is 5.97. The van der Waals surface area contributed by atoms with Crippen LogP contribution in [0.25, 0.3) is 0 Å². The van der Waals surface area contributed by atoms with Crippen molar-refractivity contribution in [1.82, 2.24) is 15.3 Å². The maximum Gasteiger partial charge on any atom is 0.241 e. The van der Waals surface area contributed by atoms with Crippen LogP contribution < -0.4 is 21.9 Å². The van der Waals surface area contributed by atoms with Gasteiger partial charge in [0.25, 0.3) is 0 Å². The summed E-state index contributed by atoms with van der Waals surface area (Å²) in [6.45, 7) is 3.56. The number of rotatable bonds is 4. The van der Waals surface area contributed by atoms with Crippen molar-refractivity contribution in [1.29, 1.82) is 0 Å². The maximum atomic E-state index is 11.3. The van der Waals surface area contributed by atoms with Gasteiger partial charge in [-0.05, 0) is 13.8 Å². The third-order valence-electron chi connectivity index (χ3n) is 1.99. The number of nitrogens with one attached hydrogen (secondary N) is 3. The van der Waals surface area contributed by atoms with Crippen LogP contribution >= 0.6 is 0 Å². The number of hydrogen-bond acceptors (Lipinski definition) is 6. The number of anilines is 2. The number of aromatic nitrogens is 2. The van der Waals surface area contributed by atoms with E-state index in [0.29, 0.717) is 11.8 Å². The van der Waals surface area contributed by atoms with E-state index < -0.39 is 0 Å². The molecule has 88 valence electrons. The zero-order valence-electron chi connectivity index (χ0n) is 9.53. The standard InChI is InChI=1S/C9H16N6O/c1-5-4-7(14-9(12-5)15-10)13-6(2)8(16)11-3/h4,6H,10H2,1-3H3,(H,11,16)(H2,12,13,14,15). The first-order valence-electron chi connectivity index (χ1n) is 4.87. The van der Waals surface area contributed by atoms with Crippen molar-refractivity contribution < 1.29 is 4.79 Å². The highest BCUT2D eigenvalue weighted by Crippen LogP contribution is 2.09. The Balaban J connectivity index is 2.80. The number of amides is 1. The second-order valence-electron chi connectivity index (χ2n) is 3.34. The van der Waals surface area contributed by atoms with E-state index in [-0.39, 0.29) is 11.9 Å². The summed E-state index contributed by atoms with van der Waals surface area (Å²) in [6.07, 6.45) is 0. The second-order valence-corrected chi connectivity index (χ2v) is 3.34. The Morgan fingerprint density at radius 2 is 2.19 bits per heavy atom. The van der Waals surface area contributed by atoms with Crippen LogP contribution in [0.15, 0.2) is 6.07 Å². The number of nitrogens with two attached hydrogens (primary N) is 1. The molecule has 5 N–H and O–H groups in total. The Hall–Kier alpha value is -1.89. The summed E-state index contributed by atoms with van der Waals surface area (Å²) in [6, 6.07) is 1.37. The number of carbonyl (C=O) groups is 1. The number of hydrogen-bond donors (Lipinski definition) is 4. The molecule has 0 aliphatic heterocycles. The van der Waals surface area contributed by atoms with Crippen molar-refractivity contribution >= 4 is 17.7 Å². The van der Waals surface area contributed by atoms with Gasteiger partial charge in [0.15, 0.2) is 0 Å². The van der Waals surface area contributed by atoms with E-state index in [9.17, 15) is 4.79 Å². The molecular weight excluding hydrogens is 208 g/mol. The first-order valence-corrected chi connectivity index (χ1v) is 4.87. The fourth-order valence-electron chi connectivity index (χ4n) is 1.21. The number of hydrazine groups is 1. The molecule has 0 aliphatic carbocycles. The molecule has 0 saturated carbocycles. The van der Waals surface area contributed by atoms with Crippen LogP contribution in [0.4, 0.5) is 11.8 Å². The number of carbonyl (C=O) groups excluding carboxylic acids is 1. The monoisotopic (exact) mass is 224 g/mol. The molecule has 1 unspecified atom stereocenters. The largest absolute Gasteiger partial charge is 0.358 e. The molecule has 1 atom stereocenters. The molecule has 1 aromatic rings. The third kappa shape index (κ3) is 3.06. The molecule has 1 amide bonds. The van der Waals surface area contributed by atoms with Gasteiger partial charge in [-0.2, -0.15) is 4.98 Å². The average molecular weight is 224 g/mol. The van der Waals surface area contributed by atoms with E-state index in [4.69, 9.17) is 5.84 Å². The van der Waals surface area contributed by atoms with Gasteiger partial charge in [-0.1, -0.05) is 0 Å². The van der Waals surface area contributed by atoms with Crippen molar-refractivity contribution in [3.63, 3.8) is 0 Å². The Labute approximate surface area is 93.8 Å². The number of nitrogen functional groups attached to an aromatic ring is 1. The lowest BCUT2D eigenvalue weighted by Crippen LogP contribution is -2.35. The van der Waals surface area contributed by atoms with E-state index >= 15 is 0 Å². The minimum absolute atomic E-state index is 0.112. The highest BCUT2D eigenvalue weighted by molar-refractivity contribution is 5.83. The van der Waals surface area contributed by atoms with Gasteiger partial charge in [0.05, 0.1) is 0 Å². The molecule has 1 rings (SSSR count). The van der Waals surface area contributed by atoms with Crippen molar-refractivity contribution in [2.24, 2.45) is 5.84 Å². The van der Waals surface area contributed by atoms with Crippen molar-refractivity contribution in [3.8, 4) is 0 Å². The van der Waals surface area contributed by atoms with Crippen LogP contribution in [-0.4, -0.2) is 29.0 Å². The van der Waals surface area contributed by atoms with Crippen molar-refractivity contribution in [2.45, 2.75) is 19.9 Å². The lowest BCUT2D eigenvalue weighted by Gasteiger charge is -2.13. The second kappa shape index (κ2) is 5.26. The normalized spacial score (nSPS) is 11.8. The summed E-state index contributed by atoms with van der Waals surface area (Å²) < 4.78 is 0. The highest BCUT2D eigenvalue weighted by Gasteiger charge is 2.11. The van der Waals surface area contributed by atoms with Gasteiger partial charge in [0, 0.05) is 18.8 Å². The van der Waals surface area contributed by atoms with E-state index in [1.165, 1.54) is 0 Å².